The van der Waals surface area contributed by atoms with Crippen LogP contribution in [-0.2, 0) is 87.2 Å². The number of para-hydroxylation sites is 1. The lowest BCUT2D eigenvalue weighted by Gasteiger charge is -2.16. The molecule has 18 nitrogen and oxygen atoms in total. The second-order valence-electron chi connectivity index (χ2n) is 21.2. The molecule has 0 saturated heterocycles. The zero-order chi connectivity index (χ0) is 62.0. The van der Waals surface area contributed by atoms with Crippen molar-refractivity contribution in [3.8, 4) is 17.2 Å². The van der Waals surface area contributed by atoms with Gasteiger partial charge in [0, 0.05) is 16.6 Å². The van der Waals surface area contributed by atoms with E-state index in [4.69, 9.17) is 44.6 Å². The van der Waals surface area contributed by atoms with Crippen molar-refractivity contribution in [3.05, 3.63) is 202 Å². The zero-order valence-electron chi connectivity index (χ0n) is 47.2. The fourth-order valence-corrected chi connectivity index (χ4v) is 10.7. The number of alkyl halides is 3. The van der Waals surface area contributed by atoms with Gasteiger partial charge in [0.05, 0.1) is 61.0 Å². The van der Waals surface area contributed by atoms with Gasteiger partial charge in [-0.3, -0.25) is 44.2 Å². The molecule has 450 valence electrons. The van der Waals surface area contributed by atoms with Crippen LogP contribution in [0.1, 0.15) is 63.9 Å². The summed E-state index contributed by atoms with van der Waals surface area (Å²) >= 11 is 0. The molecule has 3 aliphatic rings. The number of benzene rings is 6. The number of halogens is 4. The number of nitrogens with zero attached hydrogens (tertiary/aromatic N) is 1. The van der Waals surface area contributed by atoms with Crippen LogP contribution in [0.3, 0.4) is 0 Å². The number of ether oxygens (including phenoxy) is 6. The predicted octanol–water partition coefficient (Wildman–Crippen LogP) is 9.18. The Morgan fingerprint density at radius 1 is 0.593 bits per heavy atom. The molecule has 6 aromatic carbocycles. The van der Waals surface area contributed by atoms with Crippen LogP contribution in [-0.4, -0.2) is 72.4 Å². The molecule has 0 aliphatic heterocycles. The number of rotatable bonds is 20. The topological polar surface area (TPSA) is 261 Å². The van der Waals surface area contributed by atoms with Crippen LogP contribution in [0.4, 0.5) is 17.6 Å². The van der Waals surface area contributed by atoms with Gasteiger partial charge in [0.2, 0.25) is 17.7 Å². The third-order valence-corrected chi connectivity index (χ3v) is 15.6. The Kier molecular flexibility index (Phi) is 19.4. The predicted molar refractivity (Wildman–Crippen MR) is 300 cm³/mol. The fraction of sp³-hybridized carbons (Fsp3) is 0.297. The number of esters is 3. The van der Waals surface area contributed by atoms with Crippen LogP contribution in [0.2, 0.25) is 0 Å². The fourth-order valence-electron chi connectivity index (χ4n) is 10.7. The second-order valence-corrected chi connectivity index (χ2v) is 21.2. The minimum atomic E-state index is -4.41. The first-order valence-electron chi connectivity index (χ1n) is 27.0. The number of nitrogens with two attached hydrogens (primary N) is 1. The van der Waals surface area contributed by atoms with Crippen molar-refractivity contribution in [2.75, 3.05) is 21.3 Å². The Hall–Kier alpha value is -9.41. The number of amides is 3. The van der Waals surface area contributed by atoms with Crippen LogP contribution in [0.5, 0.6) is 17.2 Å². The number of fused-ring (bicyclic) bond motifs is 1. The summed E-state index contributed by atoms with van der Waals surface area (Å²) in [6.07, 6.45) is -3.02. The first-order chi connectivity index (χ1) is 41.1. The molecular weight excluding hydrogens is 1120 g/mol. The number of nitrogens with one attached hydrogen (secondary N) is 2. The highest BCUT2D eigenvalue weighted by Gasteiger charge is 2.67. The van der Waals surface area contributed by atoms with E-state index >= 15 is 0 Å². The van der Waals surface area contributed by atoms with E-state index in [1.165, 1.54) is 45.6 Å². The molecule has 86 heavy (non-hydrogen) atoms. The molecule has 7 aromatic rings. The number of aryl methyl sites for hydroxylation is 1. The van der Waals surface area contributed by atoms with Crippen molar-refractivity contribution in [1.29, 1.82) is 0 Å². The molecule has 10 rings (SSSR count). The molecule has 6 N–H and O–H groups in total. The minimum absolute atomic E-state index is 0.0212. The van der Waals surface area contributed by atoms with E-state index < -0.39 is 75.2 Å². The lowest BCUT2D eigenvalue weighted by Crippen LogP contribution is -2.33. The highest BCUT2D eigenvalue weighted by molar-refractivity contribution is 5.98. The van der Waals surface area contributed by atoms with Gasteiger partial charge in [-0.25, -0.2) is 15.4 Å². The van der Waals surface area contributed by atoms with Crippen molar-refractivity contribution < 1.29 is 85.2 Å². The van der Waals surface area contributed by atoms with Crippen molar-refractivity contribution in [2.24, 2.45) is 34.3 Å². The highest BCUT2D eigenvalue weighted by Crippen LogP contribution is 2.58. The average molecular weight is 1190 g/mol. The van der Waals surface area contributed by atoms with Crippen molar-refractivity contribution in [1.82, 2.24) is 15.9 Å². The van der Waals surface area contributed by atoms with Gasteiger partial charge < -0.3 is 34.2 Å². The molecule has 0 spiro atoms. The van der Waals surface area contributed by atoms with Gasteiger partial charge in [0.15, 0.2) is 11.6 Å². The molecule has 3 fully saturated rings. The van der Waals surface area contributed by atoms with Crippen LogP contribution >= 0.6 is 0 Å². The van der Waals surface area contributed by atoms with E-state index in [0.717, 1.165) is 51.2 Å². The first kappa shape index (κ1) is 62.6. The zero-order valence-corrected chi connectivity index (χ0v) is 47.2. The molecule has 0 bridgehead atoms. The number of pyridine rings is 1. The SMILES string of the molecule is COC(=O)[C@@H]1C[C@@]1(Cc1ccc(OCc2ccccc2)cc1)C(=O)OC.COC(=O)[C@]1(c2cccc(OCc3ccc(C(F)(F)F)cc3)c2)C[C@H]1C(=O)NO.Cc1cc(COc2ccc(C[C@]3(C(N)=O)C[C@@H]3C(=O)NO)cc2F)c2ccccc2n1. The first-order valence-corrected chi connectivity index (χ1v) is 27.0. The van der Waals surface area contributed by atoms with E-state index in [-0.39, 0.29) is 50.2 Å². The van der Waals surface area contributed by atoms with Gasteiger partial charge in [-0.15, -0.1) is 0 Å². The Morgan fingerprint density at radius 3 is 1.81 bits per heavy atom. The van der Waals surface area contributed by atoms with Gasteiger partial charge in [-0.2, -0.15) is 13.2 Å². The summed E-state index contributed by atoms with van der Waals surface area (Å²) in [6.45, 7) is 2.58. The maximum Gasteiger partial charge on any atom is 0.416 e. The van der Waals surface area contributed by atoms with Crippen LogP contribution in [0.15, 0.2) is 152 Å². The lowest BCUT2D eigenvalue weighted by molar-refractivity contribution is -0.152. The van der Waals surface area contributed by atoms with Gasteiger partial charge in [-0.05, 0) is 128 Å². The number of methoxy groups -OCH3 is 3. The van der Waals surface area contributed by atoms with E-state index in [1.54, 1.807) is 41.3 Å². The van der Waals surface area contributed by atoms with Gasteiger partial charge in [0.25, 0.3) is 0 Å². The number of carbonyl (C=O) groups is 6. The largest absolute Gasteiger partial charge is 0.489 e. The van der Waals surface area contributed by atoms with Crippen molar-refractivity contribution in [3.63, 3.8) is 0 Å². The molecule has 3 aliphatic carbocycles. The number of hydrogen-bond acceptors (Lipinski definition) is 15. The van der Waals surface area contributed by atoms with E-state index in [2.05, 4.69) is 4.98 Å². The van der Waals surface area contributed by atoms with Crippen molar-refractivity contribution in [2.45, 2.75) is 70.4 Å². The summed E-state index contributed by atoms with van der Waals surface area (Å²) in [5.74, 6) is -4.64. The number of primary amides is 1. The van der Waals surface area contributed by atoms with Gasteiger partial charge in [0.1, 0.15) is 36.7 Å². The molecule has 0 radical (unpaired) electrons. The summed E-state index contributed by atoms with van der Waals surface area (Å²) in [4.78, 5) is 76.2. The molecular formula is C64H62F4N4O14. The summed E-state index contributed by atoms with van der Waals surface area (Å²) < 4.78 is 84.2. The van der Waals surface area contributed by atoms with Crippen LogP contribution < -0.4 is 30.9 Å². The highest BCUT2D eigenvalue weighted by atomic mass is 19.4. The Labute approximate surface area is 491 Å². The van der Waals surface area contributed by atoms with Crippen molar-refractivity contribution >= 4 is 46.5 Å². The van der Waals surface area contributed by atoms with E-state index in [1.807, 2.05) is 91.9 Å². The summed E-state index contributed by atoms with van der Waals surface area (Å²) in [5.41, 5.74) is 10.9. The van der Waals surface area contributed by atoms with E-state index in [9.17, 15) is 46.3 Å². The number of hydrogen-bond donors (Lipinski definition) is 5. The molecule has 1 aromatic heterocycles. The second kappa shape index (κ2) is 26.7. The molecule has 3 saturated carbocycles. The van der Waals surface area contributed by atoms with Crippen LogP contribution in [0.25, 0.3) is 10.9 Å². The van der Waals surface area contributed by atoms with E-state index in [0.29, 0.717) is 41.9 Å². The number of hydroxylamine groups is 2. The molecule has 22 heteroatoms. The summed E-state index contributed by atoms with van der Waals surface area (Å²) in [6, 6.07) is 42.6. The normalized spacial score (nSPS) is 20.4. The Balaban J connectivity index is 0.000000168. The van der Waals surface area contributed by atoms with Gasteiger partial charge >= 0.3 is 24.1 Å². The Bertz CT molecular complexity index is 3610. The summed E-state index contributed by atoms with van der Waals surface area (Å²) in [7, 11) is 3.89. The monoisotopic (exact) mass is 1190 g/mol. The molecule has 6 atom stereocenters. The maximum absolute atomic E-state index is 14.7. The molecule has 3 amide bonds. The maximum atomic E-state index is 14.7. The quantitative estimate of drug-likeness (QED) is 0.0157. The molecule has 1 heterocycles. The van der Waals surface area contributed by atoms with Crippen LogP contribution in [0, 0.1) is 41.3 Å². The Morgan fingerprint density at radius 2 is 1.19 bits per heavy atom. The standard InChI is InChI=1S/C23H22FN3O4.C21H22O5.C20H18F3NO5/c1-13-8-15(16-4-2-3-5-19(16)26-13)12-31-20-7-6-14(9-18(20)24)10-23(22(25)29)11-17(23)21(28)27-30;1-24-19(22)18-13-21(18,20(23)25-2)12-15-8-10-17(11-9-15)26-14-16-6-4-3-5-7-16;1-28-18(26)19(10-16(19)17(25)24-27)14-3-2-4-15(9-14)29-11-12-5-7-13(8-6-12)20(21,22)23/h2-9,17,30H,10-12H2,1H3,(H2,25,29)(H,27,28);3-11,18H,12-14H2,1-2H3;2-9,16,27H,10-11H2,1H3,(H,24,25)/t17-,23+;18-,21+;16-,19-/m100/s1. The third kappa shape index (κ3) is 14.2. The van der Waals surface area contributed by atoms with Gasteiger partial charge in [-0.1, -0.05) is 91.0 Å². The average Bonchev–Trinajstić information content (AvgIpc) is 2.07. The third-order valence-electron chi connectivity index (χ3n) is 15.6. The smallest absolute Gasteiger partial charge is 0.416 e. The summed E-state index contributed by atoms with van der Waals surface area (Å²) in [5, 5.41) is 18.6. The lowest BCUT2D eigenvalue weighted by atomic mass is 9.92. The molecule has 0 unspecified atom stereocenters. The minimum Gasteiger partial charge on any atom is -0.489 e. The number of carbonyl (C=O) groups excluding carboxylic acids is 6. The number of aromatic nitrogens is 1.